The van der Waals surface area contributed by atoms with Crippen LogP contribution in [0.15, 0.2) is 17.0 Å². The quantitative estimate of drug-likeness (QED) is 0.845. The Morgan fingerprint density at radius 1 is 1.50 bits per heavy atom. The number of hydrogen-bond acceptors (Lipinski definition) is 4. The maximum atomic E-state index is 12.6. The fraction of sp³-hybridized carbons (Fsp3) is 0.462. The van der Waals surface area contributed by atoms with Crippen LogP contribution in [0.1, 0.15) is 19.4 Å². The molecular formula is C13H18ClN3O2S. The molecule has 20 heavy (non-hydrogen) atoms. The van der Waals surface area contributed by atoms with E-state index in [-0.39, 0.29) is 23.0 Å². The van der Waals surface area contributed by atoms with Gasteiger partial charge >= 0.3 is 0 Å². The summed E-state index contributed by atoms with van der Waals surface area (Å²) in [7, 11) is -3.76. The zero-order chi connectivity index (χ0) is 15.5. The summed E-state index contributed by atoms with van der Waals surface area (Å²) < 4.78 is 26.4. The van der Waals surface area contributed by atoms with Gasteiger partial charge in [0.1, 0.15) is 4.90 Å². The number of benzene rings is 1. The molecule has 2 N–H and O–H groups in total. The van der Waals surface area contributed by atoms with Crippen LogP contribution in [0.25, 0.3) is 0 Å². The molecule has 5 nitrogen and oxygen atoms in total. The Kier molecular flexibility index (Phi) is 5.40. The van der Waals surface area contributed by atoms with Gasteiger partial charge in [0.25, 0.3) is 0 Å². The van der Waals surface area contributed by atoms with Gasteiger partial charge in [-0.3, -0.25) is 0 Å². The van der Waals surface area contributed by atoms with Gasteiger partial charge in [0.15, 0.2) is 0 Å². The molecule has 1 rings (SSSR count). The normalized spacial score (nSPS) is 13.2. The summed E-state index contributed by atoms with van der Waals surface area (Å²) in [6.45, 7) is 5.53. The second-order valence-electron chi connectivity index (χ2n) is 4.63. The van der Waals surface area contributed by atoms with E-state index in [0.717, 1.165) is 5.56 Å². The molecule has 1 unspecified atom stereocenters. The third-order valence-electron chi connectivity index (χ3n) is 2.99. The Balaban J connectivity index is 3.28. The van der Waals surface area contributed by atoms with Gasteiger partial charge in [0, 0.05) is 18.8 Å². The average molecular weight is 316 g/mol. The van der Waals surface area contributed by atoms with Crippen LogP contribution in [0.2, 0.25) is 5.02 Å². The molecule has 0 saturated heterocycles. The van der Waals surface area contributed by atoms with Crippen molar-refractivity contribution in [3.05, 3.63) is 22.7 Å². The second-order valence-corrected chi connectivity index (χ2v) is 6.94. The Bertz CT molecular complexity index is 638. The summed E-state index contributed by atoms with van der Waals surface area (Å²) >= 11 is 6.03. The smallest absolute Gasteiger partial charge is 0.244 e. The highest BCUT2D eigenvalue weighted by atomic mass is 35.5. The predicted octanol–water partition coefficient (Wildman–Crippen LogP) is 2.40. The summed E-state index contributed by atoms with van der Waals surface area (Å²) in [5, 5.41) is 8.97. The topological polar surface area (TPSA) is 87.2 Å². The summed E-state index contributed by atoms with van der Waals surface area (Å²) in [5.74, 6) is -0.397. The lowest BCUT2D eigenvalue weighted by molar-refractivity contribution is 0.400. The molecule has 1 aromatic rings. The highest BCUT2D eigenvalue weighted by Gasteiger charge is 2.27. The van der Waals surface area contributed by atoms with Crippen LogP contribution in [0, 0.1) is 24.2 Å². The van der Waals surface area contributed by atoms with Crippen molar-refractivity contribution in [2.45, 2.75) is 25.7 Å². The van der Waals surface area contributed by atoms with Gasteiger partial charge in [-0.05, 0) is 31.5 Å². The van der Waals surface area contributed by atoms with Gasteiger partial charge in [-0.25, -0.2) is 8.42 Å². The van der Waals surface area contributed by atoms with E-state index in [1.807, 2.05) is 6.07 Å². The van der Waals surface area contributed by atoms with E-state index in [0.29, 0.717) is 5.69 Å². The van der Waals surface area contributed by atoms with Crippen molar-refractivity contribution in [1.29, 1.82) is 5.26 Å². The number of aryl methyl sites for hydroxylation is 1. The van der Waals surface area contributed by atoms with Crippen molar-refractivity contribution in [3.8, 4) is 6.07 Å². The third kappa shape index (κ3) is 3.42. The number of nitrogen functional groups attached to an aromatic ring is 1. The molecule has 0 aromatic heterocycles. The molecule has 0 aliphatic carbocycles. The summed E-state index contributed by atoms with van der Waals surface area (Å²) in [4.78, 5) is -0.0192. The number of rotatable bonds is 5. The van der Waals surface area contributed by atoms with Gasteiger partial charge in [-0.1, -0.05) is 18.5 Å². The van der Waals surface area contributed by atoms with Crippen molar-refractivity contribution < 1.29 is 8.42 Å². The molecule has 0 fully saturated rings. The number of hydrogen-bond donors (Lipinski definition) is 1. The first-order valence-corrected chi connectivity index (χ1v) is 8.01. The minimum absolute atomic E-state index is 0.0192. The van der Waals surface area contributed by atoms with Crippen molar-refractivity contribution in [1.82, 2.24) is 4.31 Å². The first kappa shape index (κ1) is 16.8. The second kappa shape index (κ2) is 6.44. The average Bonchev–Trinajstić information content (AvgIpc) is 2.39. The lowest BCUT2D eigenvalue weighted by Crippen LogP contribution is -2.34. The largest absolute Gasteiger partial charge is 0.398 e. The van der Waals surface area contributed by atoms with Gasteiger partial charge in [-0.15, -0.1) is 0 Å². The number of sulfonamides is 1. The van der Waals surface area contributed by atoms with Gasteiger partial charge in [-0.2, -0.15) is 9.57 Å². The molecule has 0 aliphatic heterocycles. The van der Waals surface area contributed by atoms with Crippen LogP contribution in [-0.2, 0) is 10.0 Å². The number of nitriles is 1. The molecule has 0 aliphatic rings. The van der Waals surface area contributed by atoms with E-state index in [1.54, 1.807) is 20.8 Å². The van der Waals surface area contributed by atoms with E-state index in [1.165, 1.54) is 16.4 Å². The first-order chi connectivity index (χ1) is 9.23. The molecule has 1 atom stereocenters. The maximum Gasteiger partial charge on any atom is 0.244 e. The molecule has 0 heterocycles. The van der Waals surface area contributed by atoms with Crippen LogP contribution >= 0.6 is 11.6 Å². The van der Waals surface area contributed by atoms with E-state index >= 15 is 0 Å². The van der Waals surface area contributed by atoms with Crippen molar-refractivity contribution in [3.63, 3.8) is 0 Å². The highest BCUT2D eigenvalue weighted by molar-refractivity contribution is 7.89. The van der Waals surface area contributed by atoms with E-state index in [2.05, 4.69) is 0 Å². The lowest BCUT2D eigenvalue weighted by Gasteiger charge is -2.22. The maximum absolute atomic E-state index is 12.6. The summed E-state index contributed by atoms with van der Waals surface area (Å²) in [6.07, 6.45) is 0. The van der Waals surface area contributed by atoms with Crippen LogP contribution in [0.5, 0.6) is 0 Å². The van der Waals surface area contributed by atoms with E-state index in [4.69, 9.17) is 22.6 Å². The number of nitrogens with two attached hydrogens (primary N) is 1. The number of anilines is 1. The van der Waals surface area contributed by atoms with Gasteiger partial charge in [0.2, 0.25) is 10.0 Å². The fourth-order valence-electron chi connectivity index (χ4n) is 1.75. The molecular weight excluding hydrogens is 298 g/mol. The van der Waals surface area contributed by atoms with Crippen LogP contribution in [-0.4, -0.2) is 25.8 Å². The zero-order valence-corrected chi connectivity index (χ0v) is 13.3. The zero-order valence-electron chi connectivity index (χ0n) is 11.7. The van der Waals surface area contributed by atoms with Crippen LogP contribution < -0.4 is 5.73 Å². The van der Waals surface area contributed by atoms with Crippen LogP contribution in [0.4, 0.5) is 5.69 Å². The summed E-state index contributed by atoms with van der Waals surface area (Å²) in [6, 6.07) is 4.93. The molecule has 0 bridgehead atoms. The molecule has 0 radical (unpaired) electrons. The van der Waals surface area contributed by atoms with E-state index in [9.17, 15) is 8.42 Å². The minimum Gasteiger partial charge on any atom is -0.398 e. The van der Waals surface area contributed by atoms with Crippen molar-refractivity contribution in [2.75, 3.05) is 18.8 Å². The Labute approximate surface area is 125 Å². The van der Waals surface area contributed by atoms with Gasteiger partial charge < -0.3 is 5.73 Å². The summed E-state index contributed by atoms with van der Waals surface area (Å²) in [5.41, 5.74) is 6.86. The van der Waals surface area contributed by atoms with Crippen molar-refractivity contribution >= 4 is 27.3 Å². The minimum atomic E-state index is -3.76. The molecule has 0 spiro atoms. The Hall–Kier alpha value is -1.29. The molecule has 1 aromatic carbocycles. The lowest BCUT2D eigenvalue weighted by atomic mass is 10.2. The fourth-order valence-corrected chi connectivity index (χ4v) is 3.88. The third-order valence-corrected chi connectivity index (χ3v) is 5.39. The molecule has 110 valence electrons. The molecule has 7 heteroatoms. The molecule has 0 saturated carbocycles. The first-order valence-electron chi connectivity index (χ1n) is 6.19. The Morgan fingerprint density at radius 2 is 2.10 bits per heavy atom. The number of halogens is 1. The van der Waals surface area contributed by atoms with Crippen LogP contribution in [0.3, 0.4) is 0 Å². The highest BCUT2D eigenvalue weighted by Crippen LogP contribution is 2.29. The van der Waals surface area contributed by atoms with E-state index < -0.39 is 15.9 Å². The monoisotopic (exact) mass is 315 g/mol. The molecule has 0 amide bonds. The standard InChI is InChI=1S/C13H18ClN3O2S/c1-4-17(8-9(2)7-15)20(18,19)13-6-12(16)10(3)5-11(13)14/h5-6,9H,4,8,16H2,1-3H3. The van der Waals surface area contributed by atoms with Crippen molar-refractivity contribution in [2.24, 2.45) is 5.92 Å². The predicted molar refractivity (Wildman–Crippen MR) is 79.8 cm³/mol. The van der Waals surface area contributed by atoms with Gasteiger partial charge in [0.05, 0.1) is 17.0 Å². The number of nitrogens with zero attached hydrogens (tertiary/aromatic N) is 2. The SMILES string of the molecule is CCN(CC(C)C#N)S(=O)(=O)c1cc(N)c(C)cc1Cl. The Morgan fingerprint density at radius 3 is 2.60 bits per heavy atom.